The Labute approximate surface area is 126 Å². The summed E-state index contributed by atoms with van der Waals surface area (Å²) in [7, 11) is 1.40. The molecule has 3 fully saturated rings. The second-order valence-electron chi connectivity index (χ2n) is 7.68. The van der Waals surface area contributed by atoms with Gasteiger partial charge in [-0.1, -0.05) is 0 Å². The van der Waals surface area contributed by atoms with Crippen LogP contribution in [0.3, 0.4) is 0 Å². The molecule has 118 valence electrons. The topological polar surface area (TPSA) is 55.8 Å². The first-order valence-corrected chi connectivity index (χ1v) is 7.89. The molecule has 3 rings (SSSR count). The first kappa shape index (κ1) is 14.7. The van der Waals surface area contributed by atoms with Crippen LogP contribution in [0, 0.1) is 23.7 Å². The van der Waals surface area contributed by atoms with Gasteiger partial charge in [0.15, 0.2) is 0 Å². The van der Waals surface area contributed by atoms with Crippen molar-refractivity contribution >= 4 is 12.1 Å². The number of fused-ring (bicyclic) bond motifs is 5. The van der Waals surface area contributed by atoms with Crippen LogP contribution in [0.15, 0.2) is 0 Å². The number of amides is 1. The number of nitrogens with zero attached hydrogens (tertiary/aromatic N) is 1. The van der Waals surface area contributed by atoms with Crippen molar-refractivity contribution in [3.05, 3.63) is 0 Å². The van der Waals surface area contributed by atoms with Crippen molar-refractivity contribution < 1.29 is 19.1 Å². The minimum absolute atomic E-state index is 0.267. The lowest BCUT2D eigenvalue weighted by molar-refractivity contribution is -0.147. The van der Waals surface area contributed by atoms with Gasteiger partial charge in [-0.05, 0) is 63.7 Å². The van der Waals surface area contributed by atoms with Gasteiger partial charge in [-0.2, -0.15) is 0 Å². The molecule has 5 unspecified atom stereocenters. The zero-order valence-corrected chi connectivity index (χ0v) is 13.3. The minimum Gasteiger partial charge on any atom is -0.467 e. The average Bonchev–Trinajstić information content (AvgIpc) is 3.06. The number of methoxy groups -OCH3 is 1. The third kappa shape index (κ3) is 2.40. The van der Waals surface area contributed by atoms with Crippen LogP contribution in [0.4, 0.5) is 4.79 Å². The molecule has 5 atom stereocenters. The Hall–Kier alpha value is -1.26. The fraction of sp³-hybridized carbons (Fsp3) is 0.875. The maximum absolute atomic E-state index is 12.5. The van der Waals surface area contributed by atoms with E-state index in [2.05, 4.69) is 0 Å². The van der Waals surface area contributed by atoms with Gasteiger partial charge in [0.05, 0.1) is 7.11 Å². The lowest BCUT2D eigenvalue weighted by Gasteiger charge is -2.30. The zero-order chi connectivity index (χ0) is 15.4. The lowest BCUT2D eigenvalue weighted by atomic mass is 9.78. The van der Waals surface area contributed by atoms with Crippen LogP contribution in [0.25, 0.3) is 0 Å². The molecular weight excluding hydrogens is 270 g/mol. The van der Waals surface area contributed by atoms with Gasteiger partial charge in [-0.3, -0.25) is 4.90 Å². The normalized spacial score (nSPS) is 37.5. The van der Waals surface area contributed by atoms with Gasteiger partial charge in [0, 0.05) is 6.54 Å². The molecule has 3 aliphatic rings. The number of esters is 1. The Morgan fingerprint density at radius 1 is 1.14 bits per heavy atom. The number of hydrogen-bond acceptors (Lipinski definition) is 4. The molecule has 1 heterocycles. The Balaban J connectivity index is 1.83. The van der Waals surface area contributed by atoms with Crippen molar-refractivity contribution in [3.8, 4) is 0 Å². The number of ether oxygens (including phenoxy) is 2. The van der Waals surface area contributed by atoms with Gasteiger partial charge in [-0.25, -0.2) is 9.59 Å². The monoisotopic (exact) mass is 295 g/mol. The van der Waals surface area contributed by atoms with Crippen molar-refractivity contribution in [2.24, 2.45) is 23.7 Å². The molecule has 1 amide bonds. The third-order valence-corrected chi connectivity index (χ3v) is 5.34. The Kier molecular flexibility index (Phi) is 3.41. The van der Waals surface area contributed by atoms with Crippen LogP contribution in [0.1, 0.15) is 40.0 Å². The summed E-state index contributed by atoms with van der Waals surface area (Å²) in [5, 5.41) is 0. The molecular formula is C16H25NO4. The second kappa shape index (κ2) is 4.89. The van der Waals surface area contributed by atoms with E-state index >= 15 is 0 Å². The van der Waals surface area contributed by atoms with Crippen molar-refractivity contribution in [1.82, 2.24) is 4.90 Å². The molecule has 0 radical (unpaired) electrons. The van der Waals surface area contributed by atoms with E-state index in [0.29, 0.717) is 24.3 Å². The first-order valence-electron chi connectivity index (χ1n) is 7.89. The molecule has 1 aliphatic heterocycles. The zero-order valence-electron chi connectivity index (χ0n) is 13.3. The number of hydrogen-bond donors (Lipinski definition) is 0. The number of carbonyl (C=O) groups excluding carboxylic acids is 2. The van der Waals surface area contributed by atoms with E-state index < -0.39 is 11.6 Å². The van der Waals surface area contributed by atoms with Crippen LogP contribution in [-0.2, 0) is 14.3 Å². The number of likely N-dealkylation sites (tertiary alicyclic amines) is 1. The van der Waals surface area contributed by atoms with Crippen LogP contribution < -0.4 is 0 Å². The highest BCUT2D eigenvalue weighted by molar-refractivity contribution is 5.83. The van der Waals surface area contributed by atoms with Crippen molar-refractivity contribution in [3.63, 3.8) is 0 Å². The van der Waals surface area contributed by atoms with E-state index in [-0.39, 0.29) is 18.0 Å². The third-order valence-electron chi connectivity index (χ3n) is 5.34. The number of carbonyl (C=O) groups is 2. The molecule has 5 heteroatoms. The highest BCUT2D eigenvalue weighted by Crippen LogP contribution is 2.57. The summed E-state index contributed by atoms with van der Waals surface area (Å²) in [4.78, 5) is 26.3. The van der Waals surface area contributed by atoms with E-state index in [4.69, 9.17) is 9.47 Å². The quantitative estimate of drug-likeness (QED) is 0.697. The van der Waals surface area contributed by atoms with Gasteiger partial charge < -0.3 is 9.47 Å². The smallest absolute Gasteiger partial charge is 0.411 e. The van der Waals surface area contributed by atoms with Crippen LogP contribution in [0.2, 0.25) is 0 Å². The molecule has 1 saturated heterocycles. The van der Waals surface area contributed by atoms with Gasteiger partial charge in [0.2, 0.25) is 0 Å². The van der Waals surface area contributed by atoms with Crippen LogP contribution >= 0.6 is 0 Å². The molecule has 2 bridgehead atoms. The van der Waals surface area contributed by atoms with E-state index in [1.807, 2.05) is 20.8 Å². The maximum Gasteiger partial charge on any atom is 0.411 e. The summed E-state index contributed by atoms with van der Waals surface area (Å²) in [6.07, 6.45) is 3.25. The largest absolute Gasteiger partial charge is 0.467 e. The van der Waals surface area contributed by atoms with E-state index in [9.17, 15) is 9.59 Å². The standard InChI is InChI=1S/C16H25NO4/c1-16(2,3)21-15(19)17-8-11-9-5-6-10(7-9)12(11)13(17)14(18)20-4/h9-13H,5-8H2,1-4H3. The maximum atomic E-state index is 12.5. The molecule has 2 aliphatic carbocycles. The van der Waals surface area contributed by atoms with Crippen molar-refractivity contribution in [2.45, 2.75) is 51.7 Å². The minimum atomic E-state index is -0.547. The summed E-state index contributed by atoms with van der Waals surface area (Å²) in [5.74, 6) is 1.65. The summed E-state index contributed by atoms with van der Waals surface area (Å²) in [6.45, 7) is 6.18. The highest BCUT2D eigenvalue weighted by atomic mass is 16.6. The van der Waals surface area contributed by atoms with E-state index in [1.54, 1.807) is 4.90 Å². The van der Waals surface area contributed by atoms with Crippen molar-refractivity contribution in [2.75, 3.05) is 13.7 Å². The number of rotatable bonds is 1. The molecule has 21 heavy (non-hydrogen) atoms. The molecule has 0 N–H and O–H groups in total. The highest BCUT2D eigenvalue weighted by Gasteiger charge is 2.60. The van der Waals surface area contributed by atoms with Crippen LogP contribution in [-0.4, -0.2) is 42.3 Å². The summed E-state index contributed by atoms with van der Waals surface area (Å²) >= 11 is 0. The average molecular weight is 295 g/mol. The van der Waals surface area contributed by atoms with Crippen molar-refractivity contribution in [1.29, 1.82) is 0 Å². The fourth-order valence-corrected chi connectivity index (χ4v) is 4.68. The van der Waals surface area contributed by atoms with Gasteiger partial charge in [0.1, 0.15) is 11.6 Å². The van der Waals surface area contributed by atoms with Gasteiger partial charge in [-0.15, -0.1) is 0 Å². The van der Waals surface area contributed by atoms with Crippen LogP contribution in [0.5, 0.6) is 0 Å². The first-order chi connectivity index (χ1) is 9.81. The summed E-state index contributed by atoms with van der Waals surface area (Å²) in [5.41, 5.74) is -0.547. The molecule has 0 aromatic rings. The molecule has 0 spiro atoms. The Morgan fingerprint density at radius 3 is 2.43 bits per heavy atom. The Morgan fingerprint density at radius 2 is 1.81 bits per heavy atom. The molecule has 0 aromatic heterocycles. The van der Waals surface area contributed by atoms with Gasteiger partial charge in [0.25, 0.3) is 0 Å². The predicted octanol–water partition coefficient (Wildman–Crippen LogP) is 2.44. The summed E-state index contributed by atoms with van der Waals surface area (Å²) in [6, 6.07) is -0.454. The van der Waals surface area contributed by atoms with Gasteiger partial charge >= 0.3 is 12.1 Å². The summed E-state index contributed by atoms with van der Waals surface area (Å²) < 4.78 is 10.5. The molecule has 5 nitrogen and oxygen atoms in total. The predicted molar refractivity (Wildman–Crippen MR) is 76.6 cm³/mol. The second-order valence-corrected chi connectivity index (χ2v) is 7.68. The Bertz CT molecular complexity index is 456. The molecule has 2 saturated carbocycles. The van der Waals surface area contributed by atoms with E-state index in [1.165, 1.54) is 26.4 Å². The SMILES string of the molecule is COC(=O)C1C2C3CCC(C3)C2CN1C(=O)OC(C)(C)C. The fourth-order valence-electron chi connectivity index (χ4n) is 4.68. The lowest BCUT2D eigenvalue weighted by Crippen LogP contribution is -2.47. The van der Waals surface area contributed by atoms with E-state index in [0.717, 1.165) is 0 Å². The molecule has 0 aromatic carbocycles.